The zero-order valence-corrected chi connectivity index (χ0v) is 19.5. The van der Waals surface area contributed by atoms with Crippen LogP contribution in [-0.4, -0.2) is 73.2 Å². The number of hydrogen-bond donors (Lipinski definition) is 0. The molecule has 1 aliphatic heterocycles. The molecule has 0 N–H and O–H groups in total. The third kappa shape index (κ3) is 4.91. The molecular formula is C21H23ClN4O3S2. The van der Waals surface area contributed by atoms with Gasteiger partial charge >= 0.3 is 0 Å². The quantitative estimate of drug-likeness (QED) is 0.544. The third-order valence-corrected chi connectivity index (χ3v) is 8.61. The van der Waals surface area contributed by atoms with Gasteiger partial charge in [-0.1, -0.05) is 35.9 Å². The van der Waals surface area contributed by atoms with Gasteiger partial charge in [0.05, 0.1) is 28.3 Å². The Balaban J connectivity index is 1.32. The first kappa shape index (κ1) is 22.2. The van der Waals surface area contributed by atoms with E-state index in [-0.39, 0.29) is 35.5 Å². The van der Waals surface area contributed by atoms with Crippen LogP contribution < -0.4 is 0 Å². The predicted molar refractivity (Wildman–Crippen MR) is 123 cm³/mol. The van der Waals surface area contributed by atoms with Crippen molar-refractivity contribution in [3.8, 4) is 0 Å². The van der Waals surface area contributed by atoms with E-state index in [1.165, 1.54) is 10.4 Å². The van der Waals surface area contributed by atoms with Crippen LogP contribution in [0.5, 0.6) is 0 Å². The maximum absolute atomic E-state index is 12.9. The van der Waals surface area contributed by atoms with E-state index < -0.39 is 10.0 Å². The van der Waals surface area contributed by atoms with E-state index in [2.05, 4.69) is 4.98 Å². The van der Waals surface area contributed by atoms with Crippen molar-refractivity contribution in [1.82, 2.24) is 19.1 Å². The molecule has 7 nitrogen and oxygen atoms in total. The summed E-state index contributed by atoms with van der Waals surface area (Å²) in [6, 6.07) is 14.4. The molecule has 0 bridgehead atoms. The van der Waals surface area contributed by atoms with Gasteiger partial charge < -0.3 is 4.90 Å². The average Bonchev–Trinajstić information content (AvgIpc) is 3.16. The van der Waals surface area contributed by atoms with Crippen molar-refractivity contribution in [2.45, 2.75) is 11.4 Å². The van der Waals surface area contributed by atoms with E-state index in [1.54, 1.807) is 34.4 Å². The molecule has 1 fully saturated rings. The molecule has 0 aliphatic carbocycles. The normalized spacial score (nSPS) is 15.6. The Morgan fingerprint density at radius 1 is 1.10 bits per heavy atom. The van der Waals surface area contributed by atoms with Crippen molar-refractivity contribution in [2.24, 2.45) is 0 Å². The lowest BCUT2D eigenvalue weighted by Gasteiger charge is -2.34. The van der Waals surface area contributed by atoms with Crippen LogP contribution in [0.3, 0.4) is 0 Å². The monoisotopic (exact) mass is 478 g/mol. The second kappa shape index (κ2) is 9.22. The lowest BCUT2D eigenvalue weighted by atomic mass is 10.3. The molecule has 1 aromatic heterocycles. The molecule has 164 valence electrons. The fourth-order valence-corrected chi connectivity index (χ4v) is 6.54. The summed E-state index contributed by atoms with van der Waals surface area (Å²) in [5.74, 6) is -0.0154. The van der Waals surface area contributed by atoms with Crippen LogP contribution in [0.2, 0.25) is 5.02 Å². The lowest BCUT2D eigenvalue weighted by Crippen LogP contribution is -2.52. The van der Waals surface area contributed by atoms with Crippen LogP contribution in [0.25, 0.3) is 10.2 Å². The second-order valence-corrected chi connectivity index (χ2v) is 10.9. The number of halogens is 1. The number of carbonyl (C=O) groups is 1. The van der Waals surface area contributed by atoms with Gasteiger partial charge in [0.15, 0.2) is 0 Å². The topological polar surface area (TPSA) is 73.8 Å². The van der Waals surface area contributed by atoms with Gasteiger partial charge in [0.25, 0.3) is 0 Å². The largest absolute Gasteiger partial charge is 0.339 e. The Morgan fingerprint density at radius 2 is 1.77 bits per heavy atom. The minimum atomic E-state index is -3.67. The summed E-state index contributed by atoms with van der Waals surface area (Å²) >= 11 is 7.71. The SMILES string of the molecule is CN(CC(=O)N1CCN(S(=O)(=O)c2ccccc2Cl)CC1)Cc1nc2ccccc2s1. The first-order valence-corrected chi connectivity index (χ1v) is 12.5. The van der Waals surface area contributed by atoms with Crippen LogP contribution in [0.4, 0.5) is 0 Å². The van der Waals surface area contributed by atoms with Gasteiger partial charge in [-0.15, -0.1) is 11.3 Å². The smallest absolute Gasteiger partial charge is 0.244 e. The number of hydrogen-bond acceptors (Lipinski definition) is 6. The maximum atomic E-state index is 12.9. The molecular weight excluding hydrogens is 456 g/mol. The highest BCUT2D eigenvalue weighted by molar-refractivity contribution is 7.89. The van der Waals surface area contributed by atoms with Crippen molar-refractivity contribution in [2.75, 3.05) is 39.8 Å². The summed E-state index contributed by atoms with van der Waals surface area (Å²) in [5, 5.41) is 1.17. The summed E-state index contributed by atoms with van der Waals surface area (Å²) in [7, 11) is -1.78. The number of fused-ring (bicyclic) bond motifs is 1. The van der Waals surface area contributed by atoms with Crippen molar-refractivity contribution in [3.63, 3.8) is 0 Å². The average molecular weight is 479 g/mol. The van der Waals surface area contributed by atoms with E-state index in [0.717, 1.165) is 15.2 Å². The van der Waals surface area contributed by atoms with Crippen molar-refractivity contribution in [3.05, 3.63) is 58.6 Å². The first-order chi connectivity index (χ1) is 14.8. The van der Waals surface area contributed by atoms with Crippen LogP contribution >= 0.6 is 22.9 Å². The van der Waals surface area contributed by atoms with E-state index in [4.69, 9.17) is 11.6 Å². The number of nitrogens with zero attached hydrogens (tertiary/aromatic N) is 4. The fourth-order valence-electron chi connectivity index (χ4n) is 3.58. The van der Waals surface area contributed by atoms with Crippen LogP contribution in [0, 0.1) is 0 Å². The van der Waals surface area contributed by atoms with Crippen LogP contribution in [0.1, 0.15) is 5.01 Å². The highest BCUT2D eigenvalue weighted by Gasteiger charge is 2.31. The molecule has 1 aliphatic rings. The number of carbonyl (C=O) groups excluding carboxylic acids is 1. The molecule has 0 spiro atoms. The number of piperazine rings is 1. The van der Waals surface area contributed by atoms with Crippen molar-refractivity contribution >= 4 is 49.1 Å². The number of thiazole rings is 1. The Bertz CT molecular complexity index is 1160. The Kier molecular flexibility index (Phi) is 6.59. The van der Waals surface area contributed by atoms with Gasteiger partial charge in [-0.25, -0.2) is 13.4 Å². The molecule has 2 heterocycles. The van der Waals surface area contributed by atoms with Gasteiger partial charge in [0.2, 0.25) is 15.9 Å². The molecule has 3 aromatic rings. The fraction of sp³-hybridized carbons (Fsp3) is 0.333. The minimum Gasteiger partial charge on any atom is -0.339 e. The number of rotatable bonds is 6. The first-order valence-electron chi connectivity index (χ1n) is 9.90. The minimum absolute atomic E-state index is 0.0154. The summed E-state index contributed by atoms with van der Waals surface area (Å²) < 4.78 is 28.3. The summed E-state index contributed by atoms with van der Waals surface area (Å²) in [4.78, 5) is 21.1. The number of benzene rings is 2. The molecule has 1 amide bonds. The Morgan fingerprint density at radius 3 is 2.48 bits per heavy atom. The molecule has 0 radical (unpaired) electrons. The van der Waals surface area contributed by atoms with Gasteiger partial charge in [0, 0.05) is 26.2 Å². The van der Waals surface area contributed by atoms with E-state index >= 15 is 0 Å². The van der Waals surface area contributed by atoms with Gasteiger partial charge in [0.1, 0.15) is 9.90 Å². The zero-order chi connectivity index (χ0) is 22.0. The lowest BCUT2D eigenvalue weighted by molar-refractivity contribution is -0.133. The summed E-state index contributed by atoms with van der Waals surface area (Å²) in [6.07, 6.45) is 0. The van der Waals surface area contributed by atoms with Crippen LogP contribution in [-0.2, 0) is 21.4 Å². The van der Waals surface area contributed by atoms with E-state index in [0.29, 0.717) is 19.6 Å². The number of sulfonamides is 1. The van der Waals surface area contributed by atoms with Gasteiger partial charge in [-0.3, -0.25) is 9.69 Å². The van der Waals surface area contributed by atoms with Gasteiger partial charge in [-0.05, 0) is 31.3 Å². The molecule has 1 saturated heterocycles. The molecule has 10 heteroatoms. The molecule has 0 saturated carbocycles. The number of para-hydroxylation sites is 1. The van der Waals surface area contributed by atoms with Gasteiger partial charge in [-0.2, -0.15) is 4.31 Å². The summed E-state index contributed by atoms with van der Waals surface area (Å²) in [6.45, 7) is 2.07. The molecule has 0 atom stereocenters. The molecule has 0 unspecified atom stereocenters. The maximum Gasteiger partial charge on any atom is 0.244 e. The van der Waals surface area contributed by atoms with Crippen molar-refractivity contribution in [1.29, 1.82) is 0 Å². The highest BCUT2D eigenvalue weighted by atomic mass is 35.5. The Hall–Kier alpha value is -2.04. The predicted octanol–water partition coefficient (Wildman–Crippen LogP) is 2.91. The zero-order valence-electron chi connectivity index (χ0n) is 17.1. The molecule has 2 aromatic carbocycles. The van der Waals surface area contributed by atoms with E-state index in [1.807, 2.05) is 36.2 Å². The van der Waals surface area contributed by atoms with E-state index in [9.17, 15) is 13.2 Å². The Labute approximate surface area is 190 Å². The summed E-state index contributed by atoms with van der Waals surface area (Å²) in [5.41, 5.74) is 0.970. The highest BCUT2D eigenvalue weighted by Crippen LogP contribution is 2.25. The number of likely N-dealkylation sites (N-methyl/N-ethyl adjacent to an activating group) is 1. The molecule has 31 heavy (non-hydrogen) atoms. The molecule has 4 rings (SSSR count). The second-order valence-electron chi connectivity index (χ2n) is 7.46. The van der Waals surface area contributed by atoms with Crippen molar-refractivity contribution < 1.29 is 13.2 Å². The number of amides is 1. The van der Waals surface area contributed by atoms with Crippen LogP contribution in [0.15, 0.2) is 53.4 Å². The third-order valence-electron chi connectivity index (χ3n) is 5.19. The number of aromatic nitrogens is 1. The standard InChI is InChI=1S/C21H23ClN4O3S2/c1-24(14-20-23-17-7-3-4-8-18(17)30-20)15-21(27)25-10-12-26(13-11-25)31(28,29)19-9-5-2-6-16(19)22/h2-9H,10-15H2,1H3.